The van der Waals surface area contributed by atoms with Crippen LogP contribution in [0, 0.1) is 6.26 Å². The molecule has 0 aromatic heterocycles. The second-order valence-corrected chi connectivity index (χ2v) is 4.06. The molecular formula is C5H11S. The Balaban J connectivity index is 2.18. The van der Waals surface area contributed by atoms with E-state index in [0.717, 1.165) is 0 Å². The van der Waals surface area contributed by atoms with Crippen molar-refractivity contribution in [2.24, 2.45) is 0 Å². The van der Waals surface area contributed by atoms with E-state index < -0.39 is 0 Å². The summed E-state index contributed by atoms with van der Waals surface area (Å²) in [7, 11) is 0.285. The molecule has 6 heavy (non-hydrogen) atoms. The Morgan fingerprint density at radius 1 is 1.17 bits per heavy atom. The van der Waals surface area contributed by atoms with E-state index in [1.54, 1.807) is 0 Å². The summed E-state index contributed by atoms with van der Waals surface area (Å²) in [6.45, 7) is 0. The molecule has 1 fully saturated rings. The van der Waals surface area contributed by atoms with Crippen molar-refractivity contribution < 1.29 is 0 Å². The largest absolute Gasteiger partial charge is 0.253 e. The summed E-state index contributed by atoms with van der Waals surface area (Å²) < 4.78 is 0. The van der Waals surface area contributed by atoms with Crippen LogP contribution < -0.4 is 0 Å². The van der Waals surface area contributed by atoms with Crippen LogP contribution in [0.2, 0.25) is 0 Å². The molecule has 1 heteroatoms. The summed E-state index contributed by atoms with van der Waals surface area (Å²) in [5.41, 5.74) is 0. The SMILES string of the molecule is [CH2][SH]1CCCC1. The lowest BCUT2D eigenvalue weighted by Crippen LogP contribution is -1.69. The van der Waals surface area contributed by atoms with Gasteiger partial charge in [-0.05, 0) is 30.6 Å². The van der Waals surface area contributed by atoms with E-state index in [1.165, 1.54) is 24.3 Å². The average molecular weight is 103 g/mol. The first-order valence-corrected chi connectivity index (χ1v) is 4.35. The molecule has 0 nitrogen and oxygen atoms in total. The van der Waals surface area contributed by atoms with Crippen molar-refractivity contribution in [3.8, 4) is 0 Å². The van der Waals surface area contributed by atoms with E-state index in [1.807, 2.05) is 0 Å². The second kappa shape index (κ2) is 1.87. The topological polar surface area (TPSA) is 0 Å². The number of rotatable bonds is 0. The molecule has 0 unspecified atom stereocenters. The van der Waals surface area contributed by atoms with Crippen molar-refractivity contribution >= 4 is 10.9 Å². The molecule has 0 aromatic carbocycles. The average Bonchev–Trinajstić information content (AvgIpc) is 1.86. The van der Waals surface area contributed by atoms with Gasteiger partial charge in [0.05, 0.1) is 0 Å². The lowest BCUT2D eigenvalue weighted by Gasteiger charge is -1.99. The van der Waals surface area contributed by atoms with Gasteiger partial charge >= 0.3 is 0 Å². The predicted molar refractivity (Wildman–Crippen MR) is 33.3 cm³/mol. The molecule has 0 aromatic rings. The number of thiol groups is 1. The molecule has 37 valence electrons. The molecule has 0 saturated carbocycles. The Morgan fingerprint density at radius 3 is 1.83 bits per heavy atom. The fourth-order valence-corrected chi connectivity index (χ4v) is 2.35. The number of hydrogen-bond donors (Lipinski definition) is 1. The van der Waals surface area contributed by atoms with Crippen LogP contribution in [0.25, 0.3) is 0 Å². The van der Waals surface area contributed by atoms with Crippen molar-refractivity contribution in [2.75, 3.05) is 11.5 Å². The summed E-state index contributed by atoms with van der Waals surface area (Å²) in [6, 6.07) is 0. The third kappa shape index (κ3) is 0.904. The fraction of sp³-hybridized carbons (Fsp3) is 0.800. The van der Waals surface area contributed by atoms with Gasteiger partial charge in [-0.1, -0.05) is 0 Å². The Hall–Kier alpha value is 0.350. The summed E-state index contributed by atoms with van der Waals surface area (Å²) >= 11 is 0. The molecule has 0 amide bonds. The zero-order valence-electron chi connectivity index (χ0n) is 3.98. The molecule has 0 spiro atoms. The smallest absolute Gasteiger partial charge is 0.0178 e. The minimum Gasteiger partial charge on any atom is -0.253 e. The Kier molecular flexibility index (Phi) is 1.41. The van der Waals surface area contributed by atoms with Gasteiger partial charge < -0.3 is 0 Å². The highest BCUT2D eigenvalue weighted by Gasteiger charge is 2.03. The lowest BCUT2D eigenvalue weighted by molar-refractivity contribution is 0.949. The van der Waals surface area contributed by atoms with Crippen LogP contribution in [-0.2, 0) is 0 Å². The van der Waals surface area contributed by atoms with Crippen molar-refractivity contribution in [1.82, 2.24) is 0 Å². The fourth-order valence-electron chi connectivity index (χ4n) is 0.783. The maximum Gasteiger partial charge on any atom is -0.0178 e. The third-order valence-electron chi connectivity index (χ3n) is 1.20. The molecule has 0 bridgehead atoms. The molecule has 1 rings (SSSR count). The van der Waals surface area contributed by atoms with Crippen molar-refractivity contribution in [3.63, 3.8) is 0 Å². The van der Waals surface area contributed by atoms with Crippen molar-refractivity contribution in [1.29, 1.82) is 0 Å². The highest BCUT2D eigenvalue weighted by atomic mass is 32.2. The van der Waals surface area contributed by atoms with Gasteiger partial charge in [-0.25, -0.2) is 0 Å². The zero-order chi connectivity index (χ0) is 4.41. The molecule has 1 aliphatic rings. The van der Waals surface area contributed by atoms with Crippen molar-refractivity contribution in [3.05, 3.63) is 6.26 Å². The van der Waals surface area contributed by atoms with Crippen molar-refractivity contribution in [2.45, 2.75) is 12.8 Å². The summed E-state index contributed by atoms with van der Waals surface area (Å²) in [5, 5.41) is 0. The maximum absolute atomic E-state index is 4.00. The predicted octanol–water partition coefficient (Wildman–Crippen LogP) is 1.57. The minimum absolute atomic E-state index is 0.285. The Labute approximate surface area is 42.3 Å². The van der Waals surface area contributed by atoms with Crippen LogP contribution in [0.15, 0.2) is 0 Å². The highest BCUT2D eigenvalue weighted by Crippen LogP contribution is 2.31. The van der Waals surface area contributed by atoms with Crippen LogP contribution in [-0.4, -0.2) is 11.5 Å². The van der Waals surface area contributed by atoms with Crippen LogP contribution >= 0.6 is 10.9 Å². The maximum atomic E-state index is 4.00. The minimum atomic E-state index is 0.285. The quantitative estimate of drug-likeness (QED) is 0.442. The second-order valence-electron chi connectivity index (χ2n) is 1.83. The van der Waals surface area contributed by atoms with Crippen LogP contribution in [0.5, 0.6) is 0 Å². The molecule has 1 radical (unpaired) electrons. The van der Waals surface area contributed by atoms with Gasteiger partial charge in [-0.2, -0.15) is 0 Å². The zero-order valence-corrected chi connectivity index (χ0v) is 4.88. The Morgan fingerprint density at radius 2 is 1.67 bits per heavy atom. The highest BCUT2D eigenvalue weighted by molar-refractivity contribution is 8.18. The van der Waals surface area contributed by atoms with Gasteiger partial charge in [-0.3, -0.25) is 10.9 Å². The Bertz CT molecular complexity index is 37.2. The molecule has 1 aliphatic heterocycles. The first-order valence-electron chi connectivity index (χ1n) is 2.45. The molecular weight excluding hydrogens is 92.1 g/mol. The first-order chi connectivity index (χ1) is 2.89. The first kappa shape index (κ1) is 4.51. The lowest BCUT2D eigenvalue weighted by atomic mass is 10.4. The molecule has 1 heterocycles. The summed E-state index contributed by atoms with van der Waals surface area (Å²) in [6.07, 6.45) is 6.91. The van der Waals surface area contributed by atoms with E-state index in [4.69, 9.17) is 0 Å². The van der Waals surface area contributed by atoms with Crippen LogP contribution in [0.3, 0.4) is 0 Å². The van der Waals surface area contributed by atoms with E-state index in [-0.39, 0.29) is 10.9 Å². The van der Waals surface area contributed by atoms with Gasteiger partial charge in [0, 0.05) is 0 Å². The molecule has 0 atom stereocenters. The molecule has 1 saturated heterocycles. The third-order valence-corrected chi connectivity index (χ3v) is 3.10. The standard InChI is InChI=1S/C5H11S/c1-6-4-2-3-5-6/h6H,1-5H2. The van der Waals surface area contributed by atoms with Gasteiger partial charge in [0.1, 0.15) is 0 Å². The summed E-state index contributed by atoms with van der Waals surface area (Å²) in [4.78, 5) is 0. The van der Waals surface area contributed by atoms with E-state index >= 15 is 0 Å². The van der Waals surface area contributed by atoms with Gasteiger partial charge in [0.25, 0.3) is 0 Å². The van der Waals surface area contributed by atoms with Gasteiger partial charge in [-0.15, -0.1) is 0 Å². The summed E-state index contributed by atoms with van der Waals surface area (Å²) in [5.74, 6) is 2.88. The van der Waals surface area contributed by atoms with E-state index in [0.29, 0.717) is 0 Å². The normalized spacial score (nSPS) is 28.5. The van der Waals surface area contributed by atoms with Gasteiger partial charge in [0.15, 0.2) is 0 Å². The van der Waals surface area contributed by atoms with Crippen LogP contribution in [0.1, 0.15) is 12.8 Å². The van der Waals surface area contributed by atoms with E-state index in [2.05, 4.69) is 6.26 Å². The van der Waals surface area contributed by atoms with E-state index in [9.17, 15) is 0 Å². The molecule has 0 N–H and O–H groups in total. The number of hydrogen-bond acceptors (Lipinski definition) is 0. The van der Waals surface area contributed by atoms with Crippen LogP contribution in [0.4, 0.5) is 0 Å². The van der Waals surface area contributed by atoms with Gasteiger partial charge in [0.2, 0.25) is 0 Å². The molecule has 0 aliphatic carbocycles. The monoisotopic (exact) mass is 103 g/mol.